The second-order valence-corrected chi connectivity index (χ2v) is 11.1. The van der Waals surface area contributed by atoms with Crippen LogP contribution in [0.4, 0.5) is 11.4 Å². The fraction of sp³-hybridized carbons (Fsp3) is 0.517. The maximum Gasteiger partial charge on any atom is 0.337 e. The van der Waals surface area contributed by atoms with Crippen LogP contribution in [0.25, 0.3) is 0 Å². The predicted molar refractivity (Wildman–Crippen MR) is 136 cm³/mol. The maximum absolute atomic E-state index is 12.7. The summed E-state index contributed by atoms with van der Waals surface area (Å²) in [6.07, 6.45) is 9.57. The molecular formula is C29H36N2O3. The Kier molecular flexibility index (Phi) is 6.13. The molecule has 1 amide bonds. The lowest BCUT2D eigenvalue weighted by Crippen LogP contribution is -2.47. The minimum atomic E-state index is -0.963. The summed E-state index contributed by atoms with van der Waals surface area (Å²) in [6.45, 7) is 5.69. The van der Waals surface area contributed by atoms with Gasteiger partial charge in [0.1, 0.15) is 0 Å². The third kappa shape index (κ3) is 4.57. The highest BCUT2D eigenvalue weighted by Crippen LogP contribution is 2.61. The first-order valence-corrected chi connectivity index (χ1v) is 12.8. The van der Waals surface area contributed by atoms with Gasteiger partial charge in [-0.3, -0.25) is 4.79 Å². The number of carboxylic acid groups (broad SMARTS) is 1. The number of amides is 1. The maximum atomic E-state index is 12.7. The van der Waals surface area contributed by atoms with Crippen LogP contribution in [0.3, 0.4) is 0 Å². The van der Waals surface area contributed by atoms with Gasteiger partial charge in [-0.1, -0.05) is 17.7 Å². The summed E-state index contributed by atoms with van der Waals surface area (Å²) in [5.41, 5.74) is 3.53. The first-order chi connectivity index (χ1) is 16.3. The third-order valence-corrected chi connectivity index (χ3v) is 8.56. The molecule has 6 rings (SSSR count). The van der Waals surface area contributed by atoms with Gasteiger partial charge >= 0.3 is 5.97 Å². The van der Waals surface area contributed by atoms with Crippen molar-refractivity contribution in [1.82, 2.24) is 0 Å². The Morgan fingerprint density at radius 2 is 1.71 bits per heavy atom. The molecule has 34 heavy (non-hydrogen) atoms. The Balaban J connectivity index is 1.31. The van der Waals surface area contributed by atoms with E-state index in [1.54, 1.807) is 12.1 Å². The fourth-order valence-electron chi connectivity index (χ4n) is 7.47. The minimum Gasteiger partial charge on any atom is -0.478 e. The van der Waals surface area contributed by atoms with Crippen molar-refractivity contribution in [2.45, 2.75) is 58.8 Å². The number of rotatable bonds is 8. The first-order valence-electron chi connectivity index (χ1n) is 12.8. The molecule has 4 aliphatic carbocycles. The summed E-state index contributed by atoms with van der Waals surface area (Å²) in [4.78, 5) is 27.1. The van der Waals surface area contributed by atoms with E-state index < -0.39 is 5.97 Å². The van der Waals surface area contributed by atoms with Crippen molar-refractivity contribution in [3.63, 3.8) is 0 Å². The van der Waals surface area contributed by atoms with Gasteiger partial charge < -0.3 is 15.3 Å². The van der Waals surface area contributed by atoms with Crippen LogP contribution in [0.5, 0.6) is 0 Å². The Morgan fingerprint density at radius 1 is 1.03 bits per heavy atom. The largest absolute Gasteiger partial charge is 0.478 e. The topological polar surface area (TPSA) is 69.6 Å². The summed E-state index contributed by atoms with van der Waals surface area (Å²) in [6, 6.07) is 12.7. The number of nitrogens with zero attached hydrogens (tertiary/aromatic N) is 1. The lowest BCUT2D eigenvalue weighted by molar-refractivity contribution is -0.0559. The Bertz CT molecular complexity index is 1060. The van der Waals surface area contributed by atoms with Gasteiger partial charge in [-0.15, -0.1) is 0 Å². The molecule has 0 aliphatic heterocycles. The van der Waals surface area contributed by atoms with E-state index in [-0.39, 0.29) is 11.5 Å². The number of carboxylic acids is 1. The molecule has 5 nitrogen and oxygen atoms in total. The summed E-state index contributed by atoms with van der Waals surface area (Å²) in [5.74, 6) is 1.57. The van der Waals surface area contributed by atoms with E-state index in [0.717, 1.165) is 48.5 Å². The van der Waals surface area contributed by atoms with Gasteiger partial charge in [-0.05, 0) is 112 Å². The number of carbonyl (C=O) groups excluding carboxylic acids is 1. The van der Waals surface area contributed by atoms with Gasteiger partial charge in [0.05, 0.1) is 11.3 Å². The predicted octanol–water partition coefficient (Wildman–Crippen LogP) is 6.38. The molecular weight excluding hydrogens is 424 g/mol. The van der Waals surface area contributed by atoms with Crippen LogP contribution in [0.15, 0.2) is 42.5 Å². The zero-order valence-electron chi connectivity index (χ0n) is 20.3. The van der Waals surface area contributed by atoms with Crippen LogP contribution in [-0.4, -0.2) is 30.1 Å². The Hall–Kier alpha value is -2.82. The summed E-state index contributed by atoms with van der Waals surface area (Å²) in [7, 11) is 0. The van der Waals surface area contributed by atoms with Gasteiger partial charge in [0.25, 0.3) is 5.91 Å². The number of hydrogen-bond acceptors (Lipinski definition) is 3. The second kappa shape index (κ2) is 9.09. The molecule has 0 aromatic heterocycles. The van der Waals surface area contributed by atoms with Gasteiger partial charge in [0.15, 0.2) is 0 Å². The number of hydrogen-bond donors (Lipinski definition) is 2. The van der Waals surface area contributed by atoms with E-state index in [1.165, 1.54) is 38.5 Å². The molecule has 0 atom stereocenters. The molecule has 4 aliphatic rings. The molecule has 4 bridgehead atoms. The molecule has 4 fully saturated rings. The van der Waals surface area contributed by atoms with E-state index in [4.69, 9.17) is 0 Å². The van der Waals surface area contributed by atoms with E-state index in [2.05, 4.69) is 17.1 Å². The van der Waals surface area contributed by atoms with Crippen LogP contribution in [0, 0.1) is 30.1 Å². The first kappa shape index (κ1) is 22.9. The van der Waals surface area contributed by atoms with Crippen molar-refractivity contribution in [2.75, 3.05) is 23.3 Å². The van der Waals surface area contributed by atoms with Crippen LogP contribution in [-0.2, 0) is 0 Å². The molecule has 0 saturated heterocycles. The molecule has 0 unspecified atom stereocenters. The van der Waals surface area contributed by atoms with E-state index in [0.29, 0.717) is 16.7 Å². The molecule has 0 heterocycles. The van der Waals surface area contributed by atoms with Crippen molar-refractivity contribution in [1.29, 1.82) is 0 Å². The lowest BCUT2D eigenvalue weighted by atomic mass is 9.49. The molecule has 2 aromatic carbocycles. The molecule has 5 heteroatoms. The van der Waals surface area contributed by atoms with Crippen LogP contribution in [0.1, 0.15) is 78.1 Å². The summed E-state index contributed by atoms with van der Waals surface area (Å²) < 4.78 is 0. The Morgan fingerprint density at radius 3 is 2.29 bits per heavy atom. The molecule has 2 aromatic rings. The van der Waals surface area contributed by atoms with E-state index >= 15 is 0 Å². The quantitative estimate of drug-likeness (QED) is 0.480. The second-order valence-electron chi connectivity index (χ2n) is 11.1. The summed E-state index contributed by atoms with van der Waals surface area (Å²) >= 11 is 0. The van der Waals surface area contributed by atoms with Crippen LogP contribution in [0.2, 0.25) is 0 Å². The van der Waals surface area contributed by atoms with Gasteiger partial charge in [0, 0.05) is 24.3 Å². The van der Waals surface area contributed by atoms with Crippen molar-refractivity contribution < 1.29 is 14.7 Å². The number of carbonyl (C=O) groups is 2. The van der Waals surface area contributed by atoms with Gasteiger partial charge in [-0.2, -0.15) is 0 Å². The van der Waals surface area contributed by atoms with E-state index in [1.807, 2.05) is 37.3 Å². The van der Waals surface area contributed by atoms with Crippen molar-refractivity contribution >= 4 is 23.3 Å². The standard InChI is InChI=1S/C29H36N2O3/c1-3-31(10-9-29-16-20-12-21(17-29)14-22(13-20)18-29)26-8-7-24(15-25(26)28(33)34)30-27(32)23-6-4-5-19(2)11-23/h4-8,11,15,20-22H,3,9-10,12-14,16-18H2,1-2H3,(H,30,32)(H,33,34). The summed E-state index contributed by atoms with van der Waals surface area (Å²) in [5, 5.41) is 12.8. The van der Waals surface area contributed by atoms with Gasteiger partial charge in [0.2, 0.25) is 0 Å². The van der Waals surface area contributed by atoms with Gasteiger partial charge in [-0.25, -0.2) is 4.79 Å². The van der Waals surface area contributed by atoms with Crippen molar-refractivity contribution in [2.24, 2.45) is 23.2 Å². The highest BCUT2D eigenvalue weighted by atomic mass is 16.4. The lowest BCUT2D eigenvalue weighted by Gasteiger charge is -2.57. The zero-order chi connectivity index (χ0) is 23.9. The third-order valence-electron chi connectivity index (χ3n) is 8.56. The van der Waals surface area contributed by atoms with Crippen LogP contribution < -0.4 is 10.2 Å². The molecule has 180 valence electrons. The number of aryl methyl sites for hydroxylation is 1. The highest BCUT2D eigenvalue weighted by molar-refractivity contribution is 6.05. The Labute approximate surface area is 202 Å². The average molecular weight is 461 g/mol. The number of aromatic carboxylic acids is 1. The van der Waals surface area contributed by atoms with E-state index in [9.17, 15) is 14.7 Å². The number of anilines is 2. The molecule has 4 saturated carbocycles. The fourth-order valence-corrected chi connectivity index (χ4v) is 7.47. The SMILES string of the molecule is CCN(CCC12CC3CC(CC(C3)C1)C2)c1ccc(NC(=O)c2cccc(C)c2)cc1C(=O)O. The smallest absolute Gasteiger partial charge is 0.337 e. The molecule has 2 N–H and O–H groups in total. The molecule has 0 radical (unpaired) electrons. The van der Waals surface area contributed by atoms with Crippen LogP contribution >= 0.6 is 0 Å². The highest BCUT2D eigenvalue weighted by Gasteiger charge is 2.50. The average Bonchev–Trinajstić information content (AvgIpc) is 2.79. The number of nitrogens with one attached hydrogen (secondary N) is 1. The molecule has 0 spiro atoms. The minimum absolute atomic E-state index is 0.234. The number of benzene rings is 2. The van der Waals surface area contributed by atoms with Crippen molar-refractivity contribution in [3.8, 4) is 0 Å². The zero-order valence-corrected chi connectivity index (χ0v) is 20.3. The van der Waals surface area contributed by atoms with Crippen molar-refractivity contribution in [3.05, 3.63) is 59.2 Å². The monoisotopic (exact) mass is 460 g/mol. The normalized spacial score (nSPS) is 26.9.